The van der Waals surface area contributed by atoms with Crippen LogP contribution in [0.1, 0.15) is 35.4 Å². The average Bonchev–Trinajstić information content (AvgIpc) is 2.91. The maximum Gasteiger partial charge on any atom is 0.270 e. The second-order valence-electron chi connectivity index (χ2n) is 6.51. The van der Waals surface area contributed by atoms with Gasteiger partial charge in [0.25, 0.3) is 15.9 Å². The summed E-state index contributed by atoms with van der Waals surface area (Å²) in [6.07, 6.45) is 3.02. The van der Waals surface area contributed by atoms with Crippen LogP contribution < -0.4 is 4.72 Å². The molecule has 0 atom stereocenters. The molecule has 0 unspecified atom stereocenters. The van der Waals surface area contributed by atoms with Crippen molar-refractivity contribution in [2.75, 3.05) is 17.8 Å². The van der Waals surface area contributed by atoms with Crippen LogP contribution in [0.2, 0.25) is 0 Å². The van der Waals surface area contributed by atoms with E-state index in [2.05, 4.69) is 4.72 Å². The fraction of sp³-hybridized carbons (Fsp3) is 0.389. The Bertz CT molecular complexity index is 931. The lowest BCUT2D eigenvalue weighted by Crippen LogP contribution is -2.36. The molecule has 1 amide bonds. The summed E-state index contributed by atoms with van der Waals surface area (Å²) in [5.41, 5.74) is 0.926. The molecule has 1 aromatic heterocycles. The summed E-state index contributed by atoms with van der Waals surface area (Å²) in [5, 5.41) is 0. The molecule has 6 nitrogen and oxygen atoms in total. The number of anilines is 1. The van der Waals surface area contributed by atoms with E-state index in [9.17, 15) is 17.6 Å². The molecule has 8 heteroatoms. The van der Waals surface area contributed by atoms with E-state index in [1.807, 2.05) is 0 Å². The highest BCUT2D eigenvalue weighted by Gasteiger charge is 2.27. The van der Waals surface area contributed by atoms with Crippen molar-refractivity contribution < 1.29 is 17.6 Å². The van der Waals surface area contributed by atoms with E-state index in [4.69, 9.17) is 0 Å². The highest BCUT2D eigenvalue weighted by molar-refractivity contribution is 7.92. The molecule has 0 bridgehead atoms. The Morgan fingerprint density at radius 3 is 2.50 bits per heavy atom. The first-order chi connectivity index (χ1) is 12.3. The summed E-state index contributed by atoms with van der Waals surface area (Å²) < 4.78 is 42.7. The fourth-order valence-electron chi connectivity index (χ4n) is 3.17. The molecule has 1 fully saturated rings. The highest BCUT2D eigenvalue weighted by Crippen LogP contribution is 2.24. The van der Waals surface area contributed by atoms with Crippen LogP contribution in [0, 0.1) is 12.7 Å². The lowest BCUT2D eigenvalue weighted by Gasteiger charge is -2.26. The third kappa shape index (κ3) is 3.60. The number of hydrogen-bond acceptors (Lipinski definition) is 3. The number of hydrogen-bond donors (Lipinski definition) is 1. The van der Waals surface area contributed by atoms with Gasteiger partial charge in [-0.1, -0.05) is 6.07 Å². The van der Waals surface area contributed by atoms with Gasteiger partial charge in [-0.2, -0.15) is 0 Å². The average molecular weight is 379 g/mol. The summed E-state index contributed by atoms with van der Waals surface area (Å²) in [7, 11) is -2.26. The summed E-state index contributed by atoms with van der Waals surface area (Å²) in [5.74, 6) is -0.696. The molecule has 1 aromatic carbocycles. The SMILES string of the molecule is Cc1c(S(=O)(=O)Nc2cccc(F)c2)cc(C(=O)N2CCCCC2)n1C. The number of carbonyl (C=O) groups is 1. The number of carbonyl (C=O) groups excluding carboxylic acids is 1. The van der Waals surface area contributed by atoms with Gasteiger partial charge in [0.15, 0.2) is 0 Å². The number of nitrogens with one attached hydrogen (secondary N) is 1. The van der Waals surface area contributed by atoms with Crippen LogP contribution in [0.25, 0.3) is 0 Å². The van der Waals surface area contributed by atoms with Crippen molar-refractivity contribution >= 4 is 21.6 Å². The molecule has 1 aliphatic heterocycles. The molecule has 3 rings (SSSR count). The summed E-state index contributed by atoms with van der Waals surface area (Å²) in [6, 6.07) is 6.64. The number of aromatic nitrogens is 1. The number of sulfonamides is 1. The summed E-state index contributed by atoms with van der Waals surface area (Å²) in [4.78, 5) is 14.5. The molecule has 140 valence electrons. The standard InChI is InChI=1S/C18H22FN3O3S/c1-13-17(26(24,25)20-15-8-6-7-14(19)11-15)12-16(21(13)2)18(23)22-9-4-3-5-10-22/h6-8,11-12,20H,3-5,9-10H2,1-2H3. The molecule has 0 radical (unpaired) electrons. The quantitative estimate of drug-likeness (QED) is 0.888. The van der Waals surface area contributed by atoms with Crippen molar-refractivity contribution in [3.8, 4) is 0 Å². The first-order valence-corrected chi connectivity index (χ1v) is 10.0. The predicted octanol–water partition coefficient (Wildman–Crippen LogP) is 2.90. The third-order valence-corrected chi connectivity index (χ3v) is 6.21. The molecular formula is C18H22FN3O3S. The highest BCUT2D eigenvalue weighted by atomic mass is 32.2. The Morgan fingerprint density at radius 2 is 1.85 bits per heavy atom. The first kappa shape index (κ1) is 18.4. The maximum atomic E-state index is 13.3. The van der Waals surface area contributed by atoms with E-state index in [1.165, 1.54) is 24.3 Å². The largest absolute Gasteiger partial charge is 0.343 e. The lowest BCUT2D eigenvalue weighted by molar-refractivity contribution is 0.0714. The van der Waals surface area contributed by atoms with E-state index in [0.29, 0.717) is 24.5 Å². The molecular weight excluding hydrogens is 357 g/mol. The van der Waals surface area contributed by atoms with Crippen molar-refractivity contribution in [2.45, 2.75) is 31.1 Å². The zero-order valence-corrected chi connectivity index (χ0v) is 15.6. The predicted molar refractivity (Wildman–Crippen MR) is 97.1 cm³/mol. The number of rotatable bonds is 4. The topological polar surface area (TPSA) is 71.4 Å². The van der Waals surface area contributed by atoms with E-state index in [0.717, 1.165) is 25.3 Å². The molecule has 0 aliphatic carbocycles. The Balaban J connectivity index is 1.91. The van der Waals surface area contributed by atoms with Crippen LogP contribution in [0.5, 0.6) is 0 Å². The van der Waals surface area contributed by atoms with E-state index < -0.39 is 15.8 Å². The van der Waals surface area contributed by atoms with Gasteiger partial charge in [-0.15, -0.1) is 0 Å². The van der Waals surface area contributed by atoms with Crippen LogP contribution in [-0.4, -0.2) is 36.9 Å². The smallest absolute Gasteiger partial charge is 0.270 e. The van der Waals surface area contributed by atoms with E-state index in [1.54, 1.807) is 23.4 Å². The third-order valence-electron chi connectivity index (χ3n) is 4.72. The zero-order chi connectivity index (χ0) is 18.9. The van der Waals surface area contributed by atoms with Gasteiger partial charge in [-0.25, -0.2) is 12.8 Å². The number of amides is 1. The Kier molecular flexibility index (Phi) is 5.04. The van der Waals surface area contributed by atoms with Gasteiger partial charge >= 0.3 is 0 Å². The molecule has 26 heavy (non-hydrogen) atoms. The second kappa shape index (κ2) is 7.11. The van der Waals surface area contributed by atoms with E-state index in [-0.39, 0.29) is 16.5 Å². The van der Waals surface area contributed by atoms with Crippen molar-refractivity contribution in [1.29, 1.82) is 0 Å². The normalized spacial score (nSPS) is 15.1. The van der Waals surface area contributed by atoms with Crippen molar-refractivity contribution in [2.24, 2.45) is 7.05 Å². The Morgan fingerprint density at radius 1 is 1.15 bits per heavy atom. The number of halogens is 1. The summed E-state index contributed by atoms with van der Waals surface area (Å²) >= 11 is 0. The second-order valence-corrected chi connectivity index (χ2v) is 8.16. The first-order valence-electron chi connectivity index (χ1n) is 8.53. The molecule has 1 N–H and O–H groups in total. The Hall–Kier alpha value is -2.35. The maximum absolute atomic E-state index is 13.3. The van der Waals surface area contributed by atoms with E-state index >= 15 is 0 Å². The van der Waals surface area contributed by atoms with Gasteiger partial charge in [0.2, 0.25) is 0 Å². The van der Waals surface area contributed by atoms with Gasteiger partial charge in [0.1, 0.15) is 16.4 Å². The minimum atomic E-state index is -3.93. The van der Waals surface area contributed by atoms with Gasteiger partial charge in [-0.3, -0.25) is 9.52 Å². The molecule has 2 heterocycles. The summed E-state index contributed by atoms with van der Waals surface area (Å²) in [6.45, 7) is 3.02. The number of piperidine rings is 1. The lowest BCUT2D eigenvalue weighted by atomic mass is 10.1. The molecule has 0 saturated carbocycles. The molecule has 2 aromatic rings. The van der Waals surface area contributed by atoms with Gasteiger partial charge < -0.3 is 9.47 Å². The van der Waals surface area contributed by atoms with Gasteiger partial charge in [0, 0.05) is 25.8 Å². The number of nitrogens with zero attached hydrogens (tertiary/aromatic N) is 2. The van der Waals surface area contributed by atoms with Crippen LogP contribution in [0.3, 0.4) is 0 Å². The fourth-order valence-corrected chi connectivity index (χ4v) is 4.51. The zero-order valence-electron chi connectivity index (χ0n) is 14.8. The Labute approximate surface area is 152 Å². The van der Waals surface area contributed by atoms with Crippen LogP contribution in [0.15, 0.2) is 35.2 Å². The minimum absolute atomic E-state index is 0.0182. The van der Waals surface area contributed by atoms with Crippen LogP contribution in [-0.2, 0) is 17.1 Å². The van der Waals surface area contributed by atoms with Crippen molar-refractivity contribution in [3.05, 3.63) is 47.5 Å². The van der Waals surface area contributed by atoms with Crippen LogP contribution >= 0.6 is 0 Å². The van der Waals surface area contributed by atoms with Gasteiger partial charge in [-0.05, 0) is 50.5 Å². The van der Waals surface area contributed by atoms with Crippen molar-refractivity contribution in [3.63, 3.8) is 0 Å². The molecule has 0 spiro atoms. The molecule has 1 saturated heterocycles. The monoisotopic (exact) mass is 379 g/mol. The van der Waals surface area contributed by atoms with Crippen LogP contribution in [0.4, 0.5) is 10.1 Å². The van der Waals surface area contributed by atoms with Gasteiger partial charge in [0.05, 0.1) is 5.69 Å². The number of benzene rings is 1. The molecule has 1 aliphatic rings. The van der Waals surface area contributed by atoms with Crippen molar-refractivity contribution in [1.82, 2.24) is 9.47 Å². The minimum Gasteiger partial charge on any atom is -0.343 e. The number of likely N-dealkylation sites (tertiary alicyclic amines) is 1.